The van der Waals surface area contributed by atoms with E-state index in [4.69, 9.17) is 28.0 Å². The summed E-state index contributed by atoms with van der Waals surface area (Å²) in [5, 5.41) is 2.58. The van der Waals surface area contributed by atoms with Gasteiger partial charge in [0.1, 0.15) is 24.6 Å². The van der Waals surface area contributed by atoms with Crippen molar-refractivity contribution in [2.45, 2.75) is 37.2 Å². The van der Waals surface area contributed by atoms with E-state index >= 15 is 0 Å². The molecule has 0 saturated carbocycles. The molecule has 2 aromatic carbocycles. The van der Waals surface area contributed by atoms with Gasteiger partial charge in [-0.05, 0) is 53.9 Å². The summed E-state index contributed by atoms with van der Waals surface area (Å²) in [5.74, 6) is -1.80. The number of hydrogen-bond donors (Lipinski definition) is 1. The molecule has 4 rings (SSSR count). The van der Waals surface area contributed by atoms with Gasteiger partial charge in [-0.2, -0.15) is 26.3 Å². The number of aryl methyl sites for hydroxylation is 1. The zero-order valence-electron chi connectivity index (χ0n) is 19.5. The maximum atomic E-state index is 14.3. The third kappa shape index (κ3) is 5.62. The van der Waals surface area contributed by atoms with Gasteiger partial charge >= 0.3 is 12.4 Å². The first-order chi connectivity index (χ1) is 17.6. The van der Waals surface area contributed by atoms with Crippen LogP contribution in [0.5, 0.6) is 0 Å². The van der Waals surface area contributed by atoms with Gasteiger partial charge in [0.15, 0.2) is 0 Å². The highest BCUT2D eigenvalue weighted by atomic mass is 35.5. The number of halogens is 8. The second-order valence-corrected chi connectivity index (χ2v) is 9.89. The Kier molecular flexibility index (Phi) is 7.45. The molecule has 2 aromatic rings. The van der Waals surface area contributed by atoms with Crippen molar-refractivity contribution in [3.05, 3.63) is 68.7 Å². The van der Waals surface area contributed by atoms with Gasteiger partial charge in [0, 0.05) is 27.7 Å². The van der Waals surface area contributed by atoms with E-state index < -0.39 is 61.7 Å². The molecule has 1 fully saturated rings. The van der Waals surface area contributed by atoms with E-state index in [0.717, 1.165) is 0 Å². The number of amides is 2. The van der Waals surface area contributed by atoms with E-state index in [2.05, 4.69) is 10.3 Å². The molecule has 0 unspecified atom stereocenters. The summed E-state index contributed by atoms with van der Waals surface area (Å²) < 4.78 is 80.7. The van der Waals surface area contributed by atoms with Crippen molar-refractivity contribution < 1.29 is 40.8 Å². The molecule has 1 N–H and O–H groups in total. The number of hydroxylamine groups is 2. The number of nitrogens with zero attached hydrogens (tertiary/aromatic N) is 2. The van der Waals surface area contributed by atoms with Crippen molar-refractivity contribution in [2.75, 3.05) is 19.7 Å². The van der Waals surface area contributed by atoms with Gasteiger partial charge in [-0.15, -0.1) is 0 Å². The molecule has 0 aromatic heterocycles. The van der Waals surface area contributed by atoms with Crippen LogP contribution in [0, 0.1) is 6.92 Å². The number of carbonyl (C=O) groups excluding carboxylic acids is 2. The summed E-state index contributed by atoms with van der Waals surface area (Å²) in [6.45, 7) is -1.14. The average Bonchev–Trinajstić information content (AvgIpc) is 3.38. The summed E-state index contributed by atoms with van der Waals surface area (Å²) in [5.41, 5.74) is -1.50. The van der Waals surface area contributed by atoms with E-state index in [1.165, 1.54) is 43.3 Å². The lowest BCUT2D eigenvalue weighted by Gasteiger charge is -2.31. The molecule has 204 valence electrons. The van der Waals surface area contributed by atoms with Crippen LogP contribution < -0.4 is 5.32 Å². The molecule has 2 heterocycles. The molecular weight excluding hydrogens is 563 g/mol. The lowest BCUT2D eigenvalue weighted by atomic mass is 9.76. The molecule has 14 heteroatoms. The first kappa shape index (κ1) is 28.2. The van der Waals surface area contributed by atoms with Crippen LogP contribution in [0.1, 0.15) is 33.5 Å². The Labute approximate surface area is 222 Å². The second-order valence-electron chi connectivity index (χ2n) is 9.02. The van der Waals surface area contributed by atoms with Crippen LogP contribution >= 0.6 is 23.2 Å². The maximum Gasteiger partial charge on any atom is 0.408 e. The largest absolute Gasteiger partial charge is 0.408 e. The number of nitrogens with one attached hydrogen (secondary N) is 1. The third-order valence-corrected chi connectivity index (χ3v) is 6.78. The van der Waals surface area contributed by atoms with Gasteiger partial charge in [0.05, 0.1) is 6.54 Å². The zero-order chi connectivity index (χ0) is 28.0. The summed E-state index contributed by atoms with van der Waals surface area (Å²) >= 11 is 11.9. The Morgan fingerprint density at radius 2 is 1.79 bits per heavy atom. The Morgan fingerprint density at radius 1 is 1.13 bits per heavy atom. The molecule has 0 aliphatic carbocycles. The number of aliphatic imine (C=N–C) groups is 1. The number of alkyl halides is 6. The number of hydrogen-bond acceptors (Lipinski definition) is 4. The highest BCUT2D eigenvalue weighted by Gasteiger charge is 2.58. The first-order valence-corrected chi connectivity index (χ1v) is 11.8. The number of benzene rings is 2. The van der Waals surface area contributed by atoms with E-state index in [1.807, 2.05) is 0 Å². The lowest BCUT2D eigenvalue weighted by molar-refractivity contribution is -0.214. The summed E-state index contributed by atoms with van der Waals surface area (Å²) in [6.07, 6.45) is -9.83. The predicted octanol–water partition coefficient (Wildman–Crippen LogP) is 5.43. The summed E-state index contributed by atoms with van der Waals surface area (Å²) in [7, 11) is 0. The Morgan fingerprint density at radius 3 is 2.37 bits per heavy atom. The van der Waals surface area contributed by atoms with Crippen LogP contribution in [-0.2, 0) is 15.0 Å². The first-order valence-electron chi connectivity index (χ1n) is 11.1. The monoisotopic (exact) mass is 581 g/mol. The van der Waals surface area contributed by atoms with Crippen LogP contribution in [0.15, 0.2) is 41.4 Å². The van der Waals surface area contributed by atoms with Crippen LogP contribution in [0.25, 0.3) is 0 Å². The highest BCUT2D eigenvalue weighted by molar-refractivity contribution is 6.34. The molecular formula is C24H19Cl2F6N3O3. The smallest absolute Gasteiger partial charge is 0.338 e. The Hall–Kier alpha value is -2.83. The molecule has 1 saturated heterocycles. The van der Waals surface area contributed by atoms with Crippen LogP contribution in [0.3, 0.4) is 0 Å². The van der Waals surface area contributed by atoms with Crippen LogP contribution in [0.4, 0.5) is 26.3 Å². The highest BCUT2D eigenvalue weighted by Crippen LogP contribution is 2.48. The number of rotatable bonds is 5. The van der Waals surface area contributed by atoms with E-state index in [9.17, 15) is 35.9 Å². The van der Waals surface area contributed by atoms with Crippen molar-refractivity contribution in [3.63, 3.8) is 0 Å². The van der Waals surface area contributed by atoms with Gasteiger partial charge in [-0.1, -0.05) is 29.3 Å². The van der Waals surface area contributed by atoms with Crippen molar-refractivity contribution in [2.24, 2.45) is 4.99 Å². The number of carbonyl (C=O) groups is 2. The molecule has 2 aliphatic rings. The lowest BCUT2D eigenvalue weighted by Crippen LogP contribution is -2.44. The van der Waals surface area contributed by atoms with Crippen molar-refractivity contribution in [3.8, 4) is 0 Å². The fraction of sp³-hybridized carbons (Fsp3) is 0.375. The van der Waals surface area contributed by atoms with Crippen LogP contribution in [0.2, 0.25) is 10.0 Å². The predicted molar refractivity (Wildman–Crippen MR) is 126 cm³/mol. The molecule has 2 atom stereocenters. The minimum Gasteiger partial charge on any atom is -0.338 e. The minimum atomic E-state index is -4.67. The standard InChI is InChI=1S/C24H19Cl2F6N3O3/c1-12-4-13(2-3-17(12)20(36)34-19-9-38-35(21(19)37)11-23(27,28)29)18-8-22(10-33-18,24(30,31)32)14-5-15(25)7-16(26)6-14/h2-7,19H,8-11H2,1H3,(H,34,36)/t19-,22+/m1/s1. The minimum absolute atomic E-state index is 0.0588. The molecule has 2 amide bonds. The van der Waals surface area contributed by atoms with Crippen molar-refractivity contribution >= 4 is 40.7 Å². The van der Waals surface area contributed by atoms with Gasteiger partial charge in [0.2, 0.25) is 0 Å². The topological polar surface area (TPSA) is 71.0 Å². The summed E-state index contributed by atoms with van der Waals surface area (Å²) in [4.78, 5) is 33.7. The fourth-order valence-corrected chi connectivity index (χ4v) is 4.92. The SMILES string of the molecule is Cc1cc(C2=NC[C@@](c3cc(Cl)cc(Cl)c3)(C(F)(F)F)C2)ccc1C(=O)N[C@@H]1CON(CC(F)(F)F)C1=O. The zero-order valence-corrected chi connectivity index (χ0v) is 21.0. The molecule has 6 nitrogen and oxygen atoms in total. The van der Waals surface area contributed by atoms with Gasteiger partial charge in [-0.25, -0.2) is 5.06 Å². The summed E-state index contributed by atoms with van der Waals surface area (Å²) in [6, 6.07) is 6.68. The van der Waals surface area contributed by atoms with Gasteiger partial charge < -0.3 is 5.32 Å². The van der Waals surface area contributed by atoms with Gasteiger partial charge in [-0.3, -0.25) is 19.4 Å². The van der Waals surface area contributed by atoms with E-state index in [0.29, 0.717) is 11.1 Å². The van der Waals surface area contributed by atoms with Crippen LogP contribution in [-0.4, -0.2) is 60.7 Å². The normalized spacial score (nSPS) is 22.1. The fourth-order valence-electron chi connectivity index (χ4n) is 4.40. The van der Waals surface area contributed by atoms with Gasteiger partial charge in [0.25, 0.3) is 11.8 Å². The molecule has 2 aliphatic heterocycles. The van der Waals surface area contributed by atoms with E-state index in [1.54, 1.807) is 0 Å². The molecule has 38 heavy (non-hydrogen) atoms. The van der Waals surface area contributed by atoms with Crippen molar-refractivity contribution in [1.82, 2.24) is 10.4 Å². The molecule has 0 bridgehead atoms. The Balaban J connectivity index is 1.51. The van der Waals surface area contributed by atoms with E-state index in [-0.39, 0.29) is 31.9 Å². The average molecular weight is 582 g/mol. The molecule has 0 spiro atoms. The van der Waals surface area contributed by atoms with Crippen molar-refractivity contribution in [1.29, 1.82) is 0 Å². The second kappa shape index (κ2) is 10.0. The Bertz CT molecular complexity index is 1290. The molecule has 0 radical (unpaired) electrons. The maximum absolute atomic E-state index is 14.3. The quantitative estimate of drug-likeness (QED) is 0.479. The third-order valence-electron chi connectivity index (χ3n) is 6.34.